The summed E-state index contributed by atoms with van der Waals surface area (Å²) in [6.07, 6.45) is -0.572. The molecule has 0 aliphatic carbocycles. The minimum absolute atomic E-state index is 0.572. The van der Waals surface area contributed by atoms with Gasteiger partial charge in [0.25, 0.3) is 0 Å². The highest BCUT2D eigenvalue weighted by Gasteiger charge is 2.27. The van der Waals surface area contributed by atoms with Crippen molar-refractivity contribution >= 4 is 0 Å². The first kappa shape index (κ1) is 15.3. The molecule has 108 valence electrons. The van der Waals surface area contributed by atoms with Crippen molar-refractivity contribution < 1.29 is 5.11 Å². The maximum atomic E-state index is 10.1. The molecule has 0 bridgehead atoms. The van der Waals surface area contributed by atoms with Crippen LogP contribution in [0.3, 0.4) is 0 Å². The molecular formula is C19H21NO. The van der Waals surface area contributed by atoms with Crippen molar-refractivity contribution in [1.82, 2.24) is 5.32 Å². The molecule has 0 amide bonds. The molecule has 2 aromatic carbocycles. The fourth-order valence-corrected chi connectivity index (χ4v) is 1.90. The van der Waals surface area contributed by atoms with Gasteiger partial charge in [-0.3, -0.25) is 5.32 Å². The molecule has 0 radical (unpaired) electrons. The maximum absolute atomic E-state index is 10.1. The summed E-state index contributed by atoms with van der Waals surface area (Å²) in [5.74, 6) is 6.30. The Kier molecular flexibility index (Phi) is 5.16. The summed E-state index contributed by atoms with van der Waals surface area (Å²) < 4.78 is 0. The Morgan fingerprint density at radius 2 is 1.62 bits per heavy atom. The summed E-state index contributed by atoms with van der Waals surface area (Å²) in [6.45, 7) is 4.36. The summed E-state index contributed by atoms with van der Waals surface area (Å²) >= 11 is 0. The van der Waals surface area contributed by atoms with Crippen LogP contribution in [0.5, 0.6) is 0 Å². The van der Waals surface area contributed by atoms with E-state index in [9.17, 15) is 5.11 Å². The molecule has 0 saturated carbocycles. The Hall–Kier alpha value is -2.08. The van der Waals surface area contributed by atoms with Crippen LogP contribution in [0.25, 0.3) is 0 Å². The normalized spacial score (nSPS) is 14.6. The molecule has 21 heavy (non-hydrogen) atoms. The fraction of sp³-hybridized carbons (Fsp3) is 0.263. The van der Waals surface area contributed by atoms with Gasteiger partial charge in [-0.15, -0.1) is 0 Å². The van der Waals surface area contributed by atoms with Crippen LogP contribution in [0.1, 0.15) is 25.0 Å². The van der Waals surface area contributed by atoms with E-state index in [1.54, 1.807) is 6.92 Å². The Morgan fingerprint density at radius 3 is 2.19 bits per heavy atom. The average Bonchev–Trinajstić information content (AvgIpc) is 2.53. The molecule has 2 N–H and O–H groups in total. The Balaban J connectivity index is 2.12. The first-order valence-electron chi connectivity index (χ1n) is 7.15. The van der Waals surface area contributed by atoms with Gasteiger partial charge in [0.05, 0.1) is 6.10 Å². The van der Waals surface area contributed by atoms with Gasteiger partial charge < -0.3 is 5.11 Å². The van der Waals surface area contributed by atoms with Gasteiger partial charge in [0, 0.05) is 12.1 Å². The molecule has 0 spiro atoms. The zero-order valence-electron chi connectivity index (χ0n) is 12.5. The molecular weight excluding hydrogens is 258 g/mol. The van der Waals surface area contributed by atoms with E-state index in [4.69, 9.17) is 0 Å². The largest absolute Gasteiger partial charge is 0.390 e. The van der Waals surface area contributed by atoms with Crippen LogP contribution in [0.2, 0.25) is 0 Å². The molecule has 2 heteroatoms. The summed E-state index contributed by atoms with van der Waals surface area (Å²) in [5, 5.41) is 13.4. The van der Waals surface area contributed by atoms with E-state index in [1.165, 1.54) is 5.56 Å². The van der Waals surface area contributed by atoms with Crippen LogP contribution in [0, 0.1) is 11.8 Å². The molecule has 0 heterocycles. The molecule has 0 aromatic heterocycles. The van der Waals surface area contributed by atoms with Gasteiger partial charge in [-0.05, 0) is 31.5 Å². The lowest BCUT2D eigenvalue weighted by Crippen LogP contribution is -2.49. The molecule has 0 saturated heterocycles. The summed E-state index contributed by atoms with van der Waals surface area (Å²) in [5.41, 5.74) is 1.47. The van der Waals surface area contributed by atoms with Crippen molar-refractivity contribution in [2.75, 3.05) is 0 Å². The minimum atomic E-state index is -0.647. The smallest absolute Gasteiger partial charge is 0.104 e. The summed E-state index contributed by atoms with van der Waals surface area (Å²) in [4.78, 5) is 0. The van der Waals surface area contributed by atoms with E-state index in [1.807, 2.05) is 55.5 Å². The first-order chi connectivity index (χ1) is 10.1. The van der Waals surface area contributed by atoms with Crippen molar-refractivity contribution in [2.24, 2.45) is 0 Å². The quantitative estimate of drug-likeness (QED) is 0.843. The number of aliphatic hydroxyl groups excluding tert-OH is 1. The summed E-state index contributed by atoms with van der Waals surface area (Å²) in [6, 6.07) is 19.9. The van der Waals surface area contributed by atoms with Crippen molar-refractivity contribution in [2.45, 2.75) is 32.0 Å². The topological polar surface area (TPSA) is 32.3 Å². The standard InChI is InChI=1S/C19H21NO/c1-16(21)19(2,14-13-17-9-5-3-6-10-17)20-15-18-11-7-4-8-12-18/h3-12,16,20-21H,15H2,1-2H3. The van der Waals surface area contributed by atoms with Crippen LogP contribution in [-0.4, -0.2) is 16.7 Å². The van der Waals surface area contributed by atoms with E-state index in [0.717, 1.165) is 5.56 Å². The van der Waals surface area contributed by atoms with Gasteiger partial charge in [0.15, 0.2) is 0 Å². The van der Waals surface area contributed by atoms with Crippen LogP contribution in [-0.2, 0) is 6.54 Å². The Labute approximate surface area is 126 Å². The predicted molar refractivity (Wildman–Crippen MR) is 86.7 cm³/mol. The van der Waals surface area contributed by atoms with Gasteiger partial charge in [-0.2, -0.15) is 0 Å². The Morgan fingerprint density at radius 1 is 1.05 bits per heavy atom. The zero-order valence-corrected chi connectivity index (χ0v) is 12.5. The molecule has 0 aliphatic rings. The van der Waals surface area contributed by atoms with E-state index >= 15 is 0 Å². The minimum Gasteiger partial charge on any atom is -0.390 e. The molecule has 0 fully saturated rings. The number of hydrogen-bond donors (Lipinski definition) is 2. The monoisotopic (exact) mass is 279 g/mol. The van der Waals surface area contributed by atoms with E-state index in [-0.39, 0.29) is 0 Å². The number of rotatable bonds is 4. The SMILES string of the molecule is CC(O)C(C)(C#Cc1ccccc1)NCc1ccccc1. The fourth-order valence-electron chi connectivity index (χ4n) is 1.90. The maximum Gasteiger partial charge on any atom is 0.104 e. The molecule has 2 nitrogen and oxygen atoms in total. The van der Waals surface area contributed by atoms with Crippen LogP contribution >= 0.6 is 0 Å². The van der Waals surface area contributed by atoms with Crippen molar-refractivity contribution in [3.05, 3.63) is 71.8 Å². The predicted octanol–water partition coefficient (Wildman–Crippen LogP) is 2.97. The van der Waals surface area contributed by atoms with E-state index in [2.05, 4.69) is 29.3 Å². The second-order valence-corrected chi connectivity index (χ2v) is 5.33. The lowest BCUT2D eigenvalue weighted by Gasteiger charge is -2.28. The van der Waals surface area contributed by atoms with Gasteiger partial charge in [0.2, 0.25) is 0 Å². The Bertz CT molecular complexity index is 610. The van der Waals surface area contributed by atoms with E-state index in [0.29, 0.717) is 6.54 Å². The average molecular weight is 279 g/mol. The van der Waals surface area contributed by atoms with Crippen LogP contribution in [0.4, 0.5) is 0 Å². The lowest BCUT2D eigenvalue weighted by molar-refractivity contribution is 0.118. The van der Waals surface area contributed by atoms with Crippen molar-refractivity contribution in [3.63, 3.8) is 0 Å². The third-order valence-corrected chi connectivity index (χ3v) is 3.58. The third kappa shape index (κ3) is 4.46. The number of hydrogen-bond acceptors (Lipinski definition) is 2. The lowest BCUT2D eigenvalue weighted by atomic mass is 9.95. The van der Waals surface area contributed by atoms with Crippen LogP contribution < -0.4 is 5.32 Å². The van der Waals surface area contributed by atoms with Crippen LogP contribution in [0.15, 0.2) is 60.7 Å². The second-order valence-electron chi connectivity index (χ2n) is 5.33. The number of nitrogens with one attached hydrogen (secondary N) is 1. The van der Waals surface area contributed by atoms with Gasteiger partial charge in [-0.1, -0.05) is 60.4 Å². The molecule has 2 aromatic rings. The van der Waals surface area contributed by atoms with Gasteiger partial charge >= 0.3 is 0 Å². The number of aliphatic hydroxyl groups is 1. The van der Waals surface area contributed by atoms with Crippen molar-refractivity contribution in [1.29, 1.82) is 0 Å². The number of benzene rings is 2. The third-order valence-electron chi connectivity index (χ3n) is 3.58. The highest BCUT2D eigenvalue weighted by Crippen LogP contribution is 2.11. The highest BCUT2D eigenvalue weighted by atomic mass is 16.3. The second kappa shape index (κ2) is 7.08. The highest BCUT2D eigenvalue weighted by molar-refractivity contribution is 5.37. The van der Waals surface area contributed by atoms with E-state index < -0.39 is 11.6 Å². The first-order valence-corrected chi connectivity index (χ1v) is 7.15. The molecule has 2 unspecified atom stereocenters. The summed E-state index contributed by atoms with van der Waals surface area (Å²) in [7, 11) is 0. The van der Waals surface area contributed by atoms with Gasteiger partial charge in [-0.25, -0.2) is 0 Å². The zero-order chi connectivity index (χ0) is 15.1. The molecule has 2 atom stereocenters. The molecule has 0 aliphatic heterocycles. The van der Waals surface area contributed by atoms with Crippen molar-refractivity contribution in [3.8, 4) is 11.8 Å². The van der Waals surface area contributed by atoms with Gasteiger partial charge in [0.1, 0.15) is 5.54 Å². The molecule has 2 rings (SSSR count).